The van der Waals surface area contributed by atoms with Crippen LogP contribution in [0.4, 0.5) is 0 Å². The van der Waals surface area contributed by atoms with Gasteiger partial charge in [-0.05, 0) is 38.4 Å². The lowest BCUT2D eigenvalue weighted by Crippen LogP contribution is -2.01. The number of rotatable bonds is 6. The van der Waals surface area contributed by atoms with Crippen LogP contribution < -0.4 is 5.73 Å². The summed E-state index contributed by atoms with van der Waals surface area (Å²) in [5, 5.41) is 0. The molecule has 0 amide bonds. The zero-order valence-electron chi connectivity index (χ0n) is 12.4. The largest absolute Gasteiger partial charge is 0.469 e. The van der Waals surface area contributed by atoms with Crippen molar-refractivity contribution in [3.05, 3.63) is 29.8 Å². The Hall–Kier alpha value is -1.44. The summed E-state index contributed by atoms with van der Waals surface area (Å²) in [6.45, 7) is 2.55. The minimum Gasteiger partial charge on any atom is -0.469 e. The van der Waals surface area contributed by atoms with Crippen molar-refractivity contribution in [2.45, 2.75) is 37.5 Å². The van der Waals surface area contributed by atoms with Crippen molar-refractivity contribution < 1.29 is 22.5 Å². The van der Waals surface area contributed by atoms with Crippen molar-refractivity contribution in [1.82, 2.24) is 0 Å². The lowest BCUT2D eigenvalue weighted by Gasteiger charge is -1.97. The molecule has 1 rings (SSSR count). The molecule has 21 heavy (non-hydrogen) atoms. The molecule has 0 saturated heterocycles. The van der Waals surface area contributed by atoms with Crippen molar-refractivity contribution in [3.8, 4) is 0 Å². The van der Waals surface area contributed by atoms with Crippen LogP contribution >= 0.6 is 0 Å². The van der Waals surface area contributed by atoms with Crippen molar-refractivity contribution in [3.63, 3.8) is 0 Å². The molecule has 0 aliphatic rings. The lowest BCUT2D eigenvalue weighted by molar-refractivity contribution is -0.140. The first kappa shape index (κ1) is 19.6. The number of unbranched alkanes of at least 4 members (excludes halogenated alkanes) is 2. The SMILES string of the molecule is COC(=O)CCCCCN.Cc1ccc(S(=O)(=O)O)cc1. The van der Waals surface area contributed by atoms with Crippen LogP contribution in [0.15, 0.2) is 29.2 Å². The maximum atomic E-state index is 10.5. The molecule has 0 unspecified atom stereocenters. The molecule has 120 valence electrons. The predicted octanol–water partition coefficient (Wildman–Crippen LogP) is 1.92. The van der Waals surface area contributed by atoms with Gasteiger partial charge in [-0.25, -0.2) is 0 Å². The molecule has 0 aliphatic heterocycles. The van der Waals surface area contributed by atoms with Gasteiger partial charge in [0, 0.05) is 6.42 Å². The Balaban J connectivity index is 0.000000384. The average Bonchev–Trinajstić information content (AvgIpc) is 2.43. The van der Waals surface area contributed by atoms with Gasteiger partial charge >= 0.3 is 5.97 Å². The van der Waals surface area contributed by atoms with Gasteiger partial charge < -0.3 is 10.5 Å². The quantitative estimate of drug-likeness (QED) is 0.471. The summed E-state index contributed by atoms with van der Waals surface area (Å²) in [4.78, 5) is 10.5. The summed E-state index contributed by atoms with van der Waals surface area (Å²) in [7, 11) is -2.61. The monoisotopic (exact) mass is 317 g/mol. The second kappa shape index (κ2) is 10.3. The van der Waals surface area contributed by atoms with E-state index in [0.717, 1.165) is 24.8 Å². The first-order chi connectivity index (χ1) is 9.81. The summed E-state index contributed by atoms with van der Waals surface area (Å²) in [6.07, 6.45) is 3.43. The fraction of sp³-hybridized carbons (Fsp3) is 0.500. The highest BCUT2D eigenvalue weighted by atomic mass is 32.2. The summed E-state index contributed by atoms with van der Waals surface area (Å²) >= 11 is 0. The first-order valence-corrected chi connectivity index (χ1v) is 8.06. The first-order valence-electron chi connectivity index (χ1n) is 6.62. The molecule has 0 saturated carbocycles. The highest BCUT2D eigenvalue weighted by Crippen LogP contribution is 2.08. The number of benzene rings is 1. The molecule has 0 aliphatic carbocycles. The number of hydrogen-bond acceptors (Lipinski definition) is 5. The molecule has 3 N–H and O–H groups in total. The van der Waals surface area contributed by atoms with E-state index in [1.54, 1.807) is 12.1 Å². The smallest absolute Gasteiger partial charge is 0.305 e. The topological polar surface area (TPSA) is 107 Å². The molecule has 1 aromatic carbocycles. The molecule has 0 fully saturated rings. The number of esters is 1. The zero-order valence-corrected chi connectivity index (χ0v) is 13.2. The van der Waals surface area contributed by atoms with Gasteiger partial charge in [-0.3, -0.25) is 9.35 Å². The maximum absolute atomic E-state index is 10.5. The van der Waals surface area contributed by atoms with Gasteiger partial charge in [-0.15, -0.1) is 0 Å². The van der Waals surface area contributed by atoms with Gasteiger partial charge in [-0.1, -0.05) is 24.1 Å². The number of carbonyl (C=O) groups is 1. The van der Waals surface area contributed by atoms with E-state index in [1.165, 1.54) is 19.2 Å². The standard InChI is InChI=1S/C7H15NO2.C7H8O3S/c1-10-7(9)5-3-2-4-6-8;1-6-2-4-7(5-3-6)11(8,9)10/h2-6,8H2,1H3;2-5H,1H3,(H,8,9,10). The molecule has 0 atom stereocenters. The van der Waals surface area contributed by atoms with Crippen molar-refractivity contribution in [2.24, 2.45) is 5.73 Å². The van der Waals surface area contributed by atoms with Crippen molar-refractivity contribution in [1.29, 1.82) is 0 Å². The Kier molecular flexibility index (Phi) is 9.60. The second-order valence-corrected chi connectivity index (χ2v) is 5.89. The highest BCUT2D eigenvalue weighted by molar-refractivity contribution is 7.85. The fourth-order valence-corrected chi connectivity index (χ4v) is 1.88. The molecule has 0 spiro atoms. The second-order valence-electron chi connectivity index (χ2n) is 4.46. The minimum atomic E-state index is -4.02. The number of aryl methyl sites for hydroxylation is 1. The van der Waals surface area contributed by atoms with E-state index in [2.05, 4.69) is 4.74 Å². The van der Waals surface area contributed by atoms with Gasteiger partial charge in [0.2, 0.25) is 0 Å². The van der Waals surface area contributed by atoms with Crippen LogP contribution in [0.25, 0.3) is 0 Å². The van der Waals surface area contributed by atoms with E-state index in [4.69, 9.17) is 10.3 Å². The molecular formula is C14H23NO5S. The molecular weight excluding hydrogens is 294 g/mol. The van der Waals surface area contributed by atoms with E-state index in [-0.39, 0.29) is 10.9 Å². The van der Waals surface area contributed by atoms with E-state index < -0.39 is 10.1 Å². The number of nitrogens with two attached hydrogens (primary N) is 1. The predicted molar refractivity (Wildman–Crippen MR) is 80.5 cm³/mol. The van der Waals surface area contributed by atoms with Crippen LogP contribution in [0, 0.1) is 6.92 Å². The van der Waals surface area contributed by atoms with Crippen LogP contribution in [-0.4, -0.2) is 32.6 Å². The molecule has 0 aromatic heterocycles. The van der Waals surface area contributed by atoms with Gasteiger partial charge in [0.25, 0.3) is 10.1 Å². The number of hydrogen-bond donors (Lipinski definition) is 2. The maximum Gasteiger partial charge on any atom is 0.305 e. The molecule has 1 aromatic rings. The number of methoxy groups -OCH3 is 1. The normalized spacial score (nSPS) is 10.5. The molecule has 0 heterocycles. The fourth-order valence-electron chi connectivity index (χ4n) is 1.40. The third-order valence-corrected chi connectivity index (χ3v) is 3.50. The molecule has 0 bridgehead atoms. The average molecular weight is 317 g/mol. The van der Waals surface area contributed by atoms with Crippen LogP contribution in [0.3, 0.4) is 0 Å². The van der Waals surface area contributed by atoms with E-state index in [1.807, 2.05) is 6.92 Å². The summed E-state index contributed by atoms with van der Waals surface area (Å²) in [6, 6.07) is 5.99. The van der Waals surface area contributed by atoms with Crippen LogP contribution in [0.2, 0.25) is 0 Å². The Bertz CT molecular complexity index is 511. The number of carbonyl (C=O) groups excluding carboxylic acids is 1. The summed E-state index contributed by atoms with van der Waals surface area (Å²) < 4.78 is 34.0. The Morgan fingerprint density at radius 1 is 1.19 bits per heavy atom. The van der Waals surface area contributed by atoms with Gasteiger partial charge in [0.15, 0.2) is 0 Å². The van der Waals surface area contributed by atoms with E-state index in [9.17, 15) is 13.2 Å². The van der Waals surface area contributed by atoms with Gasteiger partial charge in [-0.2, -0.15) is 8.42 Å². The third-order valence-electron chi connectivity index (χ3n) is 2.63. The van der Waals surface area contributed by atoms with Gasteiger partial charge in [0.1, 0.15) is 0 Å². The molecule has 7 heteroatoms. The van der Waals surface area contributed by atoms with Gasteiger partial charge in [0.05, 0.1) is 12.0 Å². The summed E-state index contributed by atoms with van der Waals surface area (Å²) in [5.41, 5.74) is 6.22. The minimum absolute atomic E-state index is 0.0666. The van der Waals surface area contributed by atoms with Crippen molar-refractivity contribution >= 4 is 16.1 Å². The van der Waals surface area contributed by atoms with Crippen LogP contribution in [-0.2, 0) is 19.6 Å². The van der Waals surface area contributed by atoms with E-state index in [0.29, 0.717) is 13.0 Å². The highest BCUT2D eigenvalue weighted by Gasteiger charge is 2.06. The Morgan fingerprint density at radius 3 is 2.19 bits per heavy atom. The number of ether oxygens (including phenoxy) is 1. The molecule has 6 nitrogen and oxygen atoms in total. The van der Waals surface area contributed by atoms with E-state index >= 15 is 0 Å². The molecule has 0 radical (unpaired) electrons. The zero-order chi connectivity index (χ0) is 16.3. The Morgan fingerprint density at radius 2 is 1.76 bits per heavy atom. The lowest BCUT2D eigenvalue weighted by atomic mass is 10.2. The van der Waals surface area contributed by atoms with Crippen molar-refractivity contribution in [2.75, 3.05) is 13.7 Å². The van der Waals surface area contributed by atoms with Crippen LogP contribution in [0.5, 0.6) is 0 Å². The third kappa shape index (κ3) is 10.0. The van der Waals surface area contributed by atoms with Crippen LogP contribution in [0.1, 0.15) is 31.2 Å². The Labute approximate surface area is 126 Å². The summed E-state index contributed by atoms with van der Waals surface area (Å²) in [5.74, 6) is -0.128.